The average Bonchev–Trinajstić information content (AvgIpc) is 2.13. The predicted octanol–water partition coefficient (Wildman–Crippen LogP) is -0.0983. The number of sulfonamides is 1. The Bertz CT molecular complexity index is 308. The van der Waals surface area contributed by atoms with Crippen molar-refractivity contribution in [3.63, 3.8) is 0 Å². The topological polar surface area (TPSA) is 63.4 Å². The molecule has 4 nitrogen and oxygen atoms in total. The molecule has 1 aliphatic heterocycles. The van der Waals surface area contributed by atoms with E-state index < -0.39 is 10.0 Å². The van der Waals surface area contributed by atoms with Crippen LogP contribution in [0, 0.1) is 0 Å². The largest absolute Gasteiger partial charge is 0.325 e. The Morgan fingerprint density at radius 1 is 1.54 bits per heavy atom. The summed E-state index contributed by atoms with van der Waals surface area (Å²) in [5, 5.41) is 0. The zero-order valence-corrected chi connectivity index (χ0v) is 8.68. The van der Waals surface area contributed by atoms with E-state index in [0.717, 1.165) is 19.3 Å². The average molecular weight is 204 g/mol. The van der Waals surface area contributed by atoms with Crippen molar-refractivity contribution < 1.29 is 8.42 Å². The summed E-state index contributed by atoms with van der Waals surface area (Å²) in [6.07, 6.45) is 3.00. The van der Waals surface area contributed by atoms with Crippen LogP contribution in [-0.4, -0.2) is 36.6 Å². The molecule has 0 aromatic rings. The van der Waals surface area contributed by atoms with Gasteiger partial charge in [0.15, 0.2) is 0 Å². The Labute approximate surface area is 79.1 Å². The first-order valence-electron chi connectivity index (χ1n) is 4.79. The second-order valence-corrected chi connectivity index (χ2v) is 5.94. The van der Waals surface area contributed by atoms with Gasteiger partial charge in [-0.25, -0.2) is 8.42 Å². The van der Waals surface area contributed by atoms with Gasteiger partial charge < -0.3 is 5.73 Å². The molecule has 0 bridgehead atoms. The van der Waals surface area contributed by atoms with Crippen LogP contribution in [0.3, 0.4) is 0 Å². The maximum atomic E-state index is 11.7. The number of likely N-dealkylation sites (N-methyl/N-ethyl adjacent to an activating group) is 1. The van der Waals surface area contributed by atoms with Crippen LogP contribution in [0.4, 0.5) is 0 Å². The molecule has 1 saturated heterocycles. The van der Waals surface area contributed by atoms with E-state index in [4.69, 9.17) is 5.73 Å². The van der Waals surface area contributed by atoms with Crippen molar-refractivity contribution in [3.8, 4) is 0 Å². The first-order valence-corrected chi connectivity index (χ1v) is 6.40. The van der Waals surface area contributed by atoms with Gasteiger partial charge in [0.05, 0.1) is 11.3 Å². The van der Waals surface area contributed by atoms with Crippen molar-refractivity contribution in [1.82, 2.24) is 4.31 Å². The van der Waals surface area contributed by atoms with Crippen molar-refractivity contribution in [2.24, 2.45) is 5.73 Å². The third kappa shape index (κ3) is 1.07. The molecule has 2 N–H and O–H groups in total. The summed E-state index contributed by atoms with van der Waals surface area (Å²) in [5.41, 5.74) is 5.69. The van der Waals surface area contributed by atoms with Crippen LogP contribution in [0.1, 0.15) is 26.2 Å². The Morgan fingerprint density at radius 3 is 2.46 bits per heavy atom. The Morgan fingerprint density at radius 2 is 2.15 bits per heavy atom. The predicted molar refractivity (Wildman–Crippen MR) is 50.7 cm³/mol. The molecule has 1 unspecified atom stereocenters. The van der Waals surface area contributed by atoms with Crippen LogP contribution in [0.15, 0.2) is 0 Å². The van der Waals surface area contributed by atoms with Gasteiger partial charge in [0.1, 0.15) is 0 Å². The third-order valence-corrected chi connectivity index (χ3v) is 5.49. The summed E-state index contributed by atoms with van der Waals surface area (Å²) in [6.45, 7) is 2.45. The molecule has 0 aromatic heterocycles. The lowest BCUT2D eigenvalue weighted by atomic mass is 9.72. The third-order valence-electron chi connectivity index (χ3n) is 3.42. The molecule has 76 valence electrons. The van der Waals surface area contributed by atoms with Gasteiger partial charge in [-0.3, -0.25) is 0 Å². The van der Waals surface area contributed by atoms with Crippen LogP contribution >= 0.6 is 0 Å². The van der Waals surface area contributed by atoms with Gasteiger partial charge in [-0.05, 0) is 19.3 Å². The van der Waals surface area contributed by atoms with Gasteiger partial charge in [-0.2, -0.15) is 4.31 Å². The highest BCUT2D eigenvalue weighted by Gasteiger charge is 2.57. The molecule has 0 radical (unpaired) electrons. The van der Waals surface area contributed by atoms with Gasteiger partial charge in [0.25, 0.3) is 0 Å². The minimum Gasteiger partial charge on any atom is -0.325 e. The van der Waals surface area contributed by atoms with Crippen LogP contribution in [0.25, 0.3) is 0 Å². The molecule has 1 aliphatic carbocycles. The normalized spacial score (nSPS) is 36.3. The van der Waals surface area contributed by atoms with Crippen molar-refractivity contribution in [2.45, 2.75) is 37.8 Å². The zero-order valence-electron chi connectivity index (χ0n) is 7.86. The van der Waals surface area contributed by atoms with Crippen LogP contribution in [0.5, 0.6) is 0 Å². The smallest absolute Gasteiger partial charge is 0.216 e. The van der Waals surface area contributed by atoms with Crippen LogP contribution < -0.4 is 5.73 Å². The fraction of sp³-hybridized carbons (Fsp3) is 1.00. The van der Waals surface area contributed by atoms with Gasteiger partial charge in [0.2, 0.25) is 10.0 Å². The minimum atomic E-state index is -3.05. The summed E-state index contributed by atoms with van der Waals surface area (Å²) in [5.74, 6) is 0.140. The van der Waals surface area contributed by atoms with Gasteiger partial charge >= 0.3 is 0 Å². The fourth-order valence-electron chi connectivity index (χ4n) is 2.60. The quantitative estimate of drug-likeness (QED) is 0.649. The van der Waals surface area contributed by atoms with Crippen LogP contribution in [-0.2, 0) is 10.0 Å². The van der Waals surface area contributed by atoms with E-state index in [-0.39, 0.29) is 17.3 Å². The van der Waals surface area contributed by atoms with Gasteiger partial charge in [-0.15, -0.1) is 0 Å². The summed E-state index contributed by atoms with van der Waals surface area (Å²) < 4.78 is 24.9. The lowest BCUT2D eigenvalue weighted by Gasteiger charge is -2.46. The van der Waals surface area contributed by atoms with E-state index in [2.05, 4.69) is 0 Å². The molecule has 2 fully saturated rings. The summed E-state index contributed by atoms with van der Waals surface area (Å²) in [6, 6.07) is -0.175. The second-order valence-electron chi connectivity index (χ2n) is 4.01. The molecule has 5 heteroatoms. The minimum absolute atomic E-state index is 0.140. The molecule has 1 heterocycles. The second kappa shape index (κ2) is 2.68. The number of nitrogens with two attached hydrogens (primary N) is 1. The number of rotatable bonds is 1. The van der Waals surface area contributed by atoms with E-state index >= 15 is 0 Å². The Hall–Kier alpha value is -0.130. The molecule has 0 amide bonds. The van der Waals surface area contributed by atoms with Crippen molar-refractivity contribution in [1.29, 1.82) is 0 Å². The number of hydrogen-bond donors (Lipinski definition) is 1. The first-order chi connectivity index (χ1) is 6.03. The summed E-state index contributed by atoms with van der Waals surface area (Å²) in [7, 11) is -3.05. The molecule has 1 spiro atoms. The van der Waals surface area contributed by atoms with E-state index in [1.54, 1.807) is 4.31 Å². The number of nitrogens with zero attached hydrogens (tertiary/aromatic N) is 1. The van der Waals surface area contributed by atoms with E-state index in [1.807, 2.05) is 6.92 Å². The zero-order chi connectivity index (χ0) is 9.69. The maximum absolute atomic E-state index is 11.7. The van der Waals surface area contributed by atoms with Gasteiger partial charge in [0, 0.05) is 12.6 Å². The Balaban J connectivity index is 2.37. The highest BCUT2D eigenvalue weighted by atomic mass is 32.2. The maximum Gasteiger partial charge on any atom is 0.216 e. The molecule has 2 aliphatic rings. The number of hydrogen-bond acceptors (Lipinski definition) is 3. The van der Waals surface area contributed by atoms with Crippen molar-refractivity contribution >= 4 is 10.0 Å². The van der Waals surface area contributed by atoms with Gasteiger partial charge in [-0.1, -0.05) is 6.92 Å². The molecular formula is C8H16N2O2S. The van der Waals surface area contributed by atoms with Crippen molar-refractivity contribution in [3.05, 3.63) is 0 Å². The molecule has 1 atom stereocenters. The molecular weight excluding hydrogens is 188 g/mol. The van der Waals surface area contributed by atoms with Crippen LogP contribution in [0.2, 0.25) is 0 Å². The molecule has 2 rings (SSSR count). The lowest BCUT2D eigenvalue weighted by molar-refractivity contribution is 0.0885. The summed E-state index contributed by atoms with van der Waals surface area (Å²) >= 11 is 0. The highest BCUT2D eigenvalue weighted by molar-refractivity contribution is 7.89. The fourth-order valence-corrected chi connectivity index (χ4v) is 4.81. The van der Waals surface area contributed by atoms with E-state index in [1.165, 1.54) is 0 Å². The van der Waals surface area contributed by atoms with E-state index in [9.17, 15) is 8.42 Å². The standard InChI is InChI=1S/C8H16N2O2S/c1-2-10-8(4-3-5-8)7(9)6-13(10,11)12/h7H,2-6,9H2,1H3. The lowest BCUT2D eigenvalue weighted by Crippen LogP contribution is -2.58. The molecule has 13 heavy (non-hydrogen) atoms. The monoisotopic (exact) mass is 204 g/mol. The SMILES string of the molecule is CCN1C2(CCC2)C(N)CS1(=O)=O. The summed E-state index contributed by atoms with van der Waals surface area (Å²) in [4.78, 5) is 0. The highest BCUT2D eigenvalue weighted by Crippen LogP contribution is 2.45. The van der Waals surface area contributed by atoms with E-state index in [0.29, 0.717) is 6.54 Å². The Kier molecular flexibility index (Phi) is 1.94. The molecule has 0 aromatic carbocycles. The van der Waals surface area contributed by atoms with Crippen molar-refractivity contribution in [2.75, 3.05) is 12.3 Å². The first kappa shape index (κ1) is 9.43. The molecule has 1 saturated carbocycles.